The minimum absolute atomic E-state index is 0.0149. The van der Waals surface area contributed by atoms with Gasteiger partial charge in [0.25, 0.3) is 0 Å². The number of hydrogen-bond donors (Lipinski definition) is 2. The molecule has 0 spiro atoms. The number of nitrogens with one attached hydrogen (secondary N) is 1. The van der Waals surface area contributed by atoms with Crippen LogP contribution in [0.3, 0.4) is 0 Å². The van der Waals surface area contributed by atoms with Crippen LogP contribution in [0.5, 0.6) is 0 Å². The summed E-state index contributed by atoms with van der Waals surface area (Å²) in [6.07, 6.45) is 4.96. The maximum atomic E-state index is 11.3. The molecule has 0 unspecified atom stereocenters. The molecule has 1 aromatic rings. The normalized spacial score (nSPS) is 18.0. The van der Waals surface area contributed by atoms with E-state index in [1.165, 1.54) is 32.6 Å². The van der Waals surface area contributed by atoms with E-state index in [9.17, 15) is 4.79 Å². The van der Waals surface area contributed by atoms with E-state index in [1.54, 1.807) is 6.07 Å². The largest absolute Gasteiger partial charge is 0.398 e. The SMILES string of the molecule is CC(=O)c1ccc(NC2(C)CCCC2)cc1N. The lowest BCUT2D eigenvalue weighted by atomic mass is 9.99. The molecule has 0 amide bonds. The van der Waals surface area contributed by atoms with Gasteiger partial charge in [0.2, 0.25) is 0 Å². The van der Waals surface area contributed by atoms with E-state index in [0.717, 1.165) is 5.69 Å². The summed E-state index contributed by atoms with van der Waals surface area (Å²) in [6.45, 7) is 3.78. The molecule has 1 aliphatic rings. The molecule has 92 valence electrons. The Morgan fingerprint density at radius 2 is 2.00 bits per heavy atom. The molecule has 0 aromatic heterocycles. The molecule has 0 radical (unpaired) electrons. The van der Waals surface area contributed by atoms with Crippen LogP contribution in [0, 0.1) is 0 Å². The summed E-state index contributed by atoms with van der Waals surface area (Å²) in [6, 6.07) is 5.61. The number of hydrogen-bond acceptors (Lipinski definition) is 3. The molecule has 17 heavy (non-hydrogen) atoms. The summed E-state index contributed by atoms with van der Waals surface area (Å²) in [7, 11) is 0. The Balaban J connectivity index is 2.17. The fourth-order valence-electron chi connectivity index (χ4n) is 2.59. The summed E-state index contributed by atoms with van der Waals surface area (Å²) >= 11 is 0. The Morgan fingerprint density at radius 1 is 1.35 bits per heavy atom. The van der Waals surface area contributed by atoms with Gasteiger partial charge in [-0.3, -0.25) is 4.79 Å². The summed E-state index contributed by atoms with van der Waals surface area (Å²) in [5.41, 5.74) is 8.24. The third kappa shape index (κ3) is 2.60. The smallest absolute Gasteiger partial charge is 0.161 e. The molecular weight excluding hydrogens is 212 g/mol. The first-order chi connectivity index (χ1) is 8.00. The predicted molar refractivity (Wildman–Crippen MR) is 71.4 cm³/mol. The maximum Gasteiger partial charge on any atom is 0.161 e. The van der Waals surface area contributed by atoms with Gasteiger partial charge in [-0.05, 0) is 44.9 Å². The van der Waals surface area contributed by atoms with Crippen molar-refractivity contribution in [2.24, 2.45) is 0 Å². The number of anilines is 2. The lowest BCUT2D eigenvalue weighted by molar-refractivity contribution is 0.101. The minimum Gasteiger partial charge on any atom is -0.398 e. The molecule has 0 aliphatic heterocycles. The molecule has 3 heteroatoms. The van der Waals surface area contributed by atoms with Gasteiger partial charge in [-0.1, -0.05) is 12.8 Å². The molecule has 0 atom stereocenters. The van der Waals surface area contributed by atoms with Crippen molar-refractivity contribution in [1.29, 1.82) is 0 Å². The lowest BCUT2D eigenvalue weighted by Crippen LogP contribution is -2.30. The van der Waals surface area contributed by atoms with Crippen LogP contribution in [0.1, 0.15) is 49.9 Å². The summed E-state index contributed by atoms with van der Waals surface area (Å²) in [4.78, 5) is 11.3. The zero-order valence-electron chi connectivity index (χ0n) is 10.5. The number of nitrogens with two attached hydrogens (primary N) is 1. The van der Waals surface area contributed by atoms with Crippen molar-refractivity contribution in [3.8, 4) is 0 Å². The first kappa shape index (κ1) is 12.0. The average Bonchev–Trinajstić information content (AvgIpc) is 2.64. The first-order valence-electron chi connectivity index (χ1n) is 6.19. The van der Waals surface area contributed by atoms with Crippen LogP contribution in [0.4, 0.5) is 11.4 Å². The zero-order valence-corrected chi connectivity index (χ0v) is 10.5. The van der Waals surface area contributed by atoms with Crippen molar-refractivity contribution in [2.75, 3.05) is 11.1 Å². The van der Waals surface area contributed by atoms with Crippen LogP contribution in [0.2, 0.25) is 0 Å². The van der Waals surface area contributed by atoms with E-state index in [2.05, 4.69) is 12.2 Å². The van der Waals surface area contributed by atoms with E-state index in [-0.39, 0.29) is 11.3 Å². The van der Waals surface area contributed by atoms with Crippen molar-refractivity contribution < 1.29 is 4.79 Å². The summed E-state index contributed by atoms with van der Waals surface area (Å²) in [5, 5.41) is 3.53. The summed E-state index contributed by atoms with van der Waals surface area (Å²) < 4.78 is 0. The second-order valence-electron chi connectivity index (χ2n) is 5.25. The van der Waals surface area contributed by atoms with E-state index in [0.29, 0.717) is 11.3 Å². The molecule has 1 aliphatic carbocycles. The number of carbonyl (C=O) groups excluding carboxylic acids is 1. The highest BCUT2D eigenvalue weighted by Gasteiger charge is 2.28. The first-order valence-corrected chi connectivity index (χ1v) is 6.19. The third-order valence-corrected chi connectivity index (χ3v) is 3.58. The highest BCUT2D eigenvalue weighted by atomic mass is 16.1. The van der Waals surface area contributed by atoms with Crippen molar-refractivity contribution in [1.82, 2.24) is 0 Å². The Kier molecular flexibility index (Phi) is 3.09. The van der Waals surface area contributed by atoms with E-state index in [4.69, 9.17) is 5.73 Å². The monoisotopic (exact) mass is 232 g/mol. The van der Waals surface area contributed by atoms with Gasteiger partial charge in [-0.2, -0.15) is 0 Å². The van der Waals surface area contributed by atoms with Crippen molar-refractivity contribution in [3.05, 3.63) is 23.8 Å². The average molecular weight is 232 g/mol. The second kappa shape index (κ2) is 4.40. The third-order valence-electron chi connectivity index (χ3n) is 3.58. The lowest BCUT2D eigenvalue weighted by Gasteiger charge is -2.27. The molecule has 3 N–H and O–H groups in total. The van der Waals surface area contributed by atoms with Gasteiger partial charge in [-0.15, -0.1) is 0 Å². The quantitative estimate of drug-likeness (QED) is 0.621. The standard InChI is InChI=1S/C14H20N2O/c1-10(17)12-6-5-11(9-13(12)15)16-14(2)7-3-4-8-14/h5-6,9,16H,3-4,7-8,15H2,1-2H3. The van der Waals surface area contributed by atoms with E-state index in [1.807, 2.05) is 12.1 Å². The van der Waals surface area contributed by atoms with Gasteiger partial charge in [0.1, 0.15) is 0 Å². The Bertz CT molecular complexity index is 434. The number of benzene rings is 1. The van der Waals surface area contributed by atoms with Crippen molar-refractivity contribution in [3.63, 3.8) is 0 Å². The van der Waals surface area contributed by atoms with Gasteiger partial charge in [0, 0.05) is 22.5 Å². The van der Waals surface area contributed by atoms with Crippen molar-refractivity contribution in [2.45, 2.75) is 45.1 Å². The molecule has 0 heterocycles. The molecular formula is C14H20N2O. The van der Waals surface area contributed by atoms with E-state index < -0.39 is 0 Å². The maximum absolute atomic E-state index is 11.3. The van der Waals surface area contributed by atoms with Crippen molar-refractivity contribution >= 4 is 17.2 Å². The topological polar surface area (TPSA) is 55.1 Å². The number of rotatable bonds is 3. The highest BCUT2D eigenvalue weighted by Crippen LogP contribution is 2.33. The van der Waals surface area contributed by atoms with Crippen LogP contribution >= 0.6 is 0 Å². The van der Waals surface area contributed by atoms with Gasteiger partial charge in [0.15, 0.2) is 5.78 Å². The Morgan fingerprint density at radius 3 is 2.53 bits per heavy atom. The highest BCUT2D eigenvalue weighted by molar-refractivity contribution is 5.99. The van der Waals surface area contributed by atoms with Gasteiger partial charge in [-0.25, -0.2) is 0 Å². The number of ketones is 1. The Labute approximate surface area is 102 Å². The fraction of sp³-hybridized carbons (Fsp3) is 0.500. The van der Waals surface area contributed by atoms with Crippen LogP contribution in [-0.2, 0) is 0 Å². The zero-order chi connectivity index (χ0) is 12.5. The second-order valence-corrected chi connectivity index (χ2v) is 5.25. The summed E-state index contributed by atoms with van der Waals surface area (Å²) in [5.74, 6) is 0.0149. The molecule has 1 saturated carbocycles. The molecule has 0 saturated heterocycles. The predicted octanol–water partition coefficient (Wildman–Crippen LogP) is 3.22. The van der Waals surface area contributed by atoms with Gasteiger partial charge in [0.05, 0.1) is 0 Å². The van der Waals surface area contributed by atoms with Crippen LogP contribution < -0.4 is 11.1 Å². The molecule has 0 bridgehead atoms. The molecule has 3 nitrogen and oxygen atoms in total. The van der Waals surface area contributed by atoms with Crippen LogP contribution in [-0.4, -0.2) is 11.3 Å². The number of Topliss-reactive ketones (excluding diaryl/α,β-unsaturated/α-hetero) is 1. The van der Waals surface area contributed by atoms with E-state index >= 15 is 0 Å². The molecule has 1 fully saturated rings. The molecule has 1 aromatic carbocycles. The Hall–Kier alpha value is -1.51. The van der Waals surface area contributed by atoms with Crippen LogP contribution in [0.25, 0.3) is 0 Å². The fourth-order valence-corrected chi connectivity index (χ4v) is 2.59. The number of carbonyl (C=O) groups is 1. The van der Waals surface area contributed by atoms with Crippen LogP contribution in [0.15, 0.2) is 18.2 Å². The molecule has 2 rings (SSSR count). The minimum atomic E-state index is 0.0149. The number of nitrogen functional groups attached to an aromatic ring is 1. The van der Waals surface area contributed by atoms with Gasteiger partial charge < -0.3 is 11.1 Å². The van der Waals surface area contributed by atoms with Gasteiger partial charge >= 0.3 is 0 Å².